The summed E-state index contributed by atoms with van der Waals surface area (Å²) < 4.78 is 0. The third kappa shape index (κ3) is 2.57. The number of nitrogen functional groups attached to an aromatic ring is 1. The van der Waals surface area contributed by atoms with Gasteiger partial charge in [-0.05, 0) is 6.07 Å². The van der Waals surface area contributed by atoms with E-state index in [1.807, 2.05) is 0 Å². The number of nitrogens with zero attached hydrogens (tertiary/aromatic N) is 1. The highest BCUT2D eigenvalue weighted by Crippen LogP contribution is 2.23. The average molecular weight is 282 g/mol. The summed E-state index contributed by atoms with van der Waals surface area (Å²) in [7, 11) is 0. The van der Waals surface area contributed by atoms with Gasteiger partial charge >= 0.3 is 0 Å². The molecule has 1 rings (SSSR count). The van der Waals surface area contributed by atoms with Crippen LogP contribution in [0.15, 0.2) is 12.3 Å². The smallest absolute Gasteiger partial charge is 0.151 e. The summed E-state index contributed by atoms with van der Waals surface area (Å²) in [5.41, 5.74) is 6.23. The van der Waals surface area contributed by atoms with Crippen molar-refractivity contribution in [3.63, 3.8) is 0 Å². The van der Waals surface area contributed by atoms with Gasteiger partial charge in [-0.3, -0.25) is 0 Å². The first-order chi connectivity index (χ1) is 6.56. The molecule has 6 heteroatoms. The monoisotopic (exact) mass is 280 g/mol. The maximum absolute atomic E-state index is 9.59. The van der Waals surface area contributed by atoms with Crippen LogP contribution in [0.2, 0.25) is 5.15 Å². The molecule has 0 bridgehead atoms. The van der Waals surface area contributed by atoms with E-state index in [-0.39, 0.29) is 16.2 Å². The highest BCUT2D eigenvalue weighted by atomic mass is 79.9. The summed E-state index contributed by atoms with van der Waals surface area (Å²) in [6.07, 6.45) is -0.520. The zero-order chi connectivity index (χ0) is 10.7. The highest BCUT2D eigenvalue weighted by molar-refractivity contribution is 9.09. The molecular weight excluding hydrogens is 271 g/mol. The van der Waals surface area contributed by atoms with Crippen LogP contribution in [0, 0.1) is 0 Å². The lowest BCUT2D eigenvalue weighted by Gasteiger charge is -2.15. The standard InChI is InChI=1S/C8H10BrClN2O2/c9-2-6(13)7(14)4-1-5(11)8(10)12-3-4/h1,3,6-7,13-14H,2,11H2. The summed E-state index contributed by atoms with van der Waals surface area (Å²) in [6.45, 7) is 0. The molecule has 1 aromatic rings. The second-order valence-corrected chi connectivity index (χ2v) is 3.82. The minimum Gasteiger partial charge on any atom is -0.396 e. The van der Waals surface area contributed by atoms with Gasteiger partial charge in [0.15, 0.2) is 5.15 Å². The number of hydrogen-bond acceptors (Lipinski definition) is 4. The first kappa shape index (κ1) is 11.7. The molecule has 4 nitrogen and oxygen atoms in total. The van der Waals surface area contributed by atoms with Gasteiger partial charge in [-0.25, -0.2) is 4.98 Å². The SMILES string of the molecule is Nc1cc(C(O)C(O)CBr)cnc1Cl. The maximum Gasteiger partial charge on any atom is 0.151 e. The Morgan fingerprint density at radius 3 is 2.71 bits per heavy atom. The fourth-order valence-electron chi connectivity index (χ4n) is 0.950. The van der Waals surface area contributed by atoms with Crippen LogP contribution < -0.4 is 5.73 Å². The van der Waals surface area contributed by atoms with E-state index >= 15 is 0 Å². The highest BCUT2D eigenvalue weighted by Gasteiger charge is 2.18. The van der Waals surface area contributed by atoms with Gasteiger partial charge in [-0.15, -0.1) is 0 Å². The molecule has 0 aliphatic rings. The van der Waals surface area contributed by atoms with Crippen molar-refractivity contribution in [2.45, 2.75) is 12.2 Å². The zero-order valence-corrected chi connectivity index (χ0v) is 9.53. The molecule has 0 saturated carbocycles. The van der Waals surface area contributed by atoms with Crippen LogP contribution in [0.4, 0.5) is 5.69 Å². The Bertz CT molecular complexity index is 324. The minimum absolute atomic E-state index is 0.189. The summed E-state index contributed by atoms with van der Waals surface area (Å²) in [5, 5.41) is 19.4. The molecule has 0 aliphatic carbocycles. The van der Waals surface area contributed by atoms with Gasteiger partial charge in [-0.2, -0.15) is 0 Å². The lowest BCUT2D eigenvalue weighted by molar-refractivity contribution is 0.0341. The van der Waals surface area contributed by atoms with Gasteiger partial charge < -0.3 is 15.9 Å². The molecule has 2 atom stereocenters. The number of anilines is 1. The largest absolute Gasteiger partial charge is 0.396 e. The zero-order valence-electron chi connectivity index (χ0n) is 7.19. The van der Waals surface area contributed by atoms with Gasteiger partial charge in [0.25, 0.3) is 0 Å². The summed E-state index contributed by atoms with van der Waals surface area (Å²) in [5.74, 6) is 0. The molecular formula is C8H10BrClN2O2. The van der Waals surface area contributed by atoms with Crippen LogP contribution >= 0.6 is 27.5 Å². The predicted octanol–water partition coefficient (Wildman–Crippen LogP) is 1.11. The molecule has 0 radical (unpaired) electrons. The van der Waals surface area contributed by atoms with Crippen molar-refractivity contribution < 1.29 is 10.2 Å². The topological polar surface area (TPSA) is 79.4 Å². The number of pyridine rings is 1. The van der Waals surface area contributed by atoms with E-state index in [4.69, 9.17) is 17.3 Å². The molecule has 0 fully saturated rings. The lowest BCUT2D eigenvalue weighted by atomic mass is 10.1. The molecule has 78 valence electrons. The second-order valence-electron chi connectivity index (χ2n) is 2.82. The van der Waals surface area contributed by atoms with Crippen molar-refractivity contribution in [2.75, 3.05) is 11.1 Å². The molecule has 14 heavy (non-hydrogen) atoms. The van der Waals surface area contributed by atoms with E-state index in [1.54, 1.807) is 0 Å². The predicted molar refractivity (Wildman–Crippen MR) is 58.4 cm³/mol. The number of aliphatic hydroxyl groups is 2. The molecule has 0 aliphatic heterocycles. The average Bonchev–Trinajstić information content (AvgIpc) is 2.20. The normalized spacial score (nSPS) is 15.1. The summed E-state index contributed by atoms with van der Waals surface area (Å²) in [6, 6.07) is 1.49. The van der Waals surface area contributed by atoms with Crippen LogP contribution in [0.1, 0.15) is 11.7 Å². The second kappa shape index (κ2) is 4.93. The van der Waals surface area contributed by atoms with Gasteiger partial charge in [0.05, 0.1) is 11.8 Å². The number of rotatable bonds is 3. The lowest BCUT2D eigenvalue weighted by Crippen LogP contribution is -2.19. The van der Waals surface area contributed by atoms with Crippen molar-refractivity contribution in [3.05, 3.63) is 23.0 Å². The van der Waals surface area contributed by atoms with Crippen molar-refractivity contribution in [1.29, 1.82) is 0 Å². The molecule has 1 heterocycles. The van der Waals surface area contributed by atoms with Gasteiger partial charge in [0, 0.05) is 17.1 Å². The van der Waals surface area contributed by atoms with Gasteiger partial charge in [0.2, 0.25) is 0 Å². The van der Waals surface area contributed by atoms with Gasteiger partial charge in [-0.1, -0.05) is 27.5 Å². The van der Waals surface area contributed by atoms with E-state index in [0.717, 1.165) is 0 Å². The maximum atomic E-state index is 9.59. The minimum atomic E-state index is -1.01. The summed E-state index contributed by atoms with van der Waals surface area (Å²) in [4.78, 5) is 3.77. The fourth-order valence-corrected chi connectivity index (χ4v) is 1.41. The third-order valence-corrected chi connectivity index (χ3v) is 2.73. The Morgan fingerprint density at radius 1 is 1.57 bits per heavy atom. The van der Waals surface area contributed by atoms with Crippen LogP contribution in [0.3, 0.4) is 0 Å². The first-order valence-electron chi connectivity index (χ1n) is 3.89. The molecule has 2 unspecified atom stereocenters. The molecule has 0 amide bonds. The molecule has 0 spiro atoms. The molecule has 1 aromatic heterocycles. The number of aromatic nitrogens is 1. The third-order valence-electron chi connectivity index (χ3n) is 1.75. The Balaban J connectivity index is 2.91. The quantitative estimate of drug-likeness (QED) is 0.573. The van der Waals surface area contributed by atoms with Crippen molar-refractivity contribution >= 4 is 33.2 Å². The number of alkyl halides is 1. The Morgan fingerprint density at radius 2 is 2.21 bits per heavy atom. The Kier molecular flexibility index (Phi) is 4.12. The summed E-state index contributed by atoms with van der Waals surface area (Å²) >= 11 is 8.67. The van der Waals surface area contributed by atoms with Crippen LogP contribution in [-0.2, 0) is 0 Å². The van der Waals surface area contributed by atoms with Crippen molar-refractivity contribution in [1.82, 2.24) is 4.98 Å². The number of halogens is 2. The molecule has 0 aromatic carbocycles. The first-order valence-corrected chi connectivity index (χ1v) is 5.39. The van der Waals surface area contributed by atoms with Crippen molar-refractivity contribution in [3.8, 4) is 0 Å². The fraction of sp³-hybridized carbons (Fsp3) is 0.375. The number of aliphatic hydroxyl groups excluding tert-OH is 2. The van der Waals surface area contributed by atoms with E-state index < -0.39 is 12.2 Å². The van der Waals surface area contributed by atoms with Gasteiger partial charge in [0.1, 0.15) is 6.10 Å². The van der Waals surface area contributed by atoms with Crippen molar-refractivity contribution in [2.24, 2.45) is 0 Å². The molecule has 0 saturated heterocycles. The number of nitrogens with two attached hydrogens (primary N) is 1. The van der Waals surface area contributed by atoms with E-state index in [0.29, 0.717) is 5.56 Å². The van der Waals surface area contributed by atoms with Crippen LogP contribution in [0.25, 0.3) is 0 Å². The Hall–Kier alpha value is -0.360. The van der Waals surface area contributed by atoms with Crippen LogP contribution in [0.5, 0.6) is 0 Å². The number of hydrogen-bond donors (Lipinski definition) is 3. The van der Waals surface area contributed by atoms with E-state index in [1.165, 1.54) is 12.3 Å². The van der Waals surface area contributed by atoms with E-state index in [9.17, 15) is 10.2 Å². The molecule has 4 N–H and O–H groups in total. The van der Waals surface area contributed by atoms with Crippen LogP contribution in [-0.4, -0.2) is 26.6 Å². The Labute approximate surface area is 94.8 Å². The van der Waals surface area contributed by atoms with E-state index in [2.05, 4.69) is 20.9 Å².